The average molecular weight is 379 g/mol. The third-order valence-electron chi connectivity index (χ3n) is 5.29. The number of hydrogen-bond donors (Lipinski definition) is 2. The second-order valence-electron chi connectivity index (χ2n) is 7.15. The third-order valence-corrected chi connectivity index (χ3v) is 6.78. The number of unbranched alkanes of at least 4 members (excludes halogenated alkanes) is 1. The normalized spacial score (nSPS) is 18.4. The molecule has 3 nitrogen and oxygen atoms in total. The van der Waals surface area contributed by atoms with Crippen molar-refractivity contribution in [3.05, 3.63) is 72.4 Å². The monoisotopic (exact) mass is 378 g/mol. The molecule has 0 spiro atoms. The van der Waals surface area contributed by atoms with Crippen LogP contribution in [0.25, 0.3) is 16.5 Å². The van der Waals surface area contributed by atoms with Crippen LogP contribution < -0.4 is 5.32 Å². The third kappa shape index (κ3) is 4.40. The summed E-state index contributed by atoms with van der Waals surface area (Å²) in [5.74, 6) is 0.732. The Labute approximate surface area is 163 Å². The lowest BCUT2D eigenvalue weighted by molar-refractivity contribution is 0.483. The van der Waals surface area contributed by atoms with Gasteiger partial charge in [0.15, 0.2) is 0 Å². The first-order valence-corrected chi connectivity index (χ1v) is 11.1. The van der Waals surface area contributed by atoms with Crippen LogP contribution in [-0.4, -0.2) is 27.5 Å². The van der Waals surface area contributed by atoms with Crippen molar-refractivity contribution >= 4 is 27.3 Å². The number of hydrogen-bond acceptors (Lipinski definition) is 2. The molecule has 27 heavy (non-hydrogen) atoms. The smallest absolute Gasteiger partial charge is 0.0641 e. The summed E-state index contributed by atoms with van der Waals surface area (Å²) in [6.45, 7) is 0.941. The second-order valence-corrected chi connectivity index (χ2v) is 8.69. The highest BCUT2D eigenvalue weighted by Gasteiger charge is 2.16. The zero-order valence-electron chi connectivity index (χ0n) is 15.5. The number of aromatic nitrogens is 1. The first-order chi connectivity index (χ1) is 13.3. The molecule has 0 aliphatic carbocycles. The molecule has 1 aromatic heterocycles. The number of benzene rings is 2. The van der Waals surface area contributed by atoms with Crippen LogP contribution >= 0.6 is 0 Å². The van der Waals surface area contributed by atoms with Gasteiger partial charge in [-0.1, -0.05) is 61.0 Å². The van der Waals surface area contributed by atoms with E-state index in [0.717, 1.165) is 53.8 Å². The summed E-state index contributed by atoms with van der Waals surface area (Å²) in [4.78, 5) is 4.16. The molecular weight excluding hydrogens is 352 g/mol. The molecule has 0 saturated heterocycles. The first kappa shape index (κ1) is 18.2. The number of fused-ring (bicyclic) bond motifs is 1. The molecule has 2 unspecified atom stereocenters. The van der Waals surface area contributed by atoms with Crippen LogP contribution in [0.3, 0.4) is 0 Å². The molecule has 0 radical (unpaired) electrons. The van der Waals surface area contributed by atoms with Crippen molar-refractivity contribution in [2.75, 3.05) is 12.3 Å². The van der Waals surface area contributed by atoms with E-state index >= 15 is 0 Å². The summed E-state index contributed by atoms with van der Waals surface area (Å²) in [5.41, 5.74) is 3.85. The predicted octanol–water partition coefficient (Wildman–Crippen LogP) is 4.89. The van der Waals surface area contributed by atoms with Crippen LogP contribution in [0.1, 0.15) is 31.2 Å². The fraction of sp³-hybridized carbons (Fsp3) is 0.304. The Hall–Kier alpha value is -2.17. The van der Waals surface area contributed by atoms with E-state index in [9.17, 15) is 4.21 Å². The molecule has 2 heterocycles. The molecule has 2 aromatic carbocycles. The van der Waals surface area contributed by atoms with E-state index in [1.54, 1.807) is 0 Å². The van der Waals surface area contributed by atoms with Gasteiger partial charge in [0.05, 0.1) is 15.7 Å². The van der Waals surface area contributed by atoms with Gasteiger partial charge in [0, 0.05) is 35.4 Å². The zero-order valence-corrected chi connectivity index (χ0v) is 16.3. The van der Waals surface area contributed by atoms with Crippen molar-refractivity contribution in [3.8, 4) is 0 Å². The number of para-hydroxylation sites is 1. The molecule has 3 aromatic rings. The Kier molecular flexibility index (Phi) is 5.85. The Morgan fingerprint density at radius 3 is 2.70 bits per heavy atom. The van der Waals surface area contributed by atoms with Crippen LogP contribution in [-0.2, 0) is 10.8 Å². The maximum Gasteiger partial charge on any atom is 0.0641 e. The maximum absolute atomic E-state index is 12.7. The molecule has 1 aliphatic rings. The molecule has 0 fully saturated rings. The van der Waals surface area contributed by atoms with Crippen LogP contribution in [0, 0.1) is 0 Å². The van der Waals surface area contributed by atoms with E-state index in [4.69, 9.17) is 0 Å². The van der Waals surface area contributed by atoms with Gasteiger partial charge >= 0.3 is 0 Å². The lowest BCUT2D eigenvalue weighted by Gasteiger charge is -2.24. The van der Waals surface area contributed by atoms with E-state index in [1.165, 1.54) is 11.1 Å². The van der Waals surface area contributed by atoms with Crippen molar-refractivity contribution in [3.63, 3.8) is 0 Å². The average Bonchev–Trinajstić information content (AvgIpc) is 3.16. The molecule has 1 aliphatic heterocycles. The molecule has 2 atom stereocenters. The van der Waals surface area contributed by atoms with Crippen LogP contribution in [0.2, 0.25) is 0 Å². The van der Waals surface area contributed by atoms with Gasteiger partial charge in [-0.05, 0) is 36.5 Å². The van der Waals surface area contributed by atoms with Crippen molar-refractivity contribution in [1.29, 1.82) is 0 Å². The standard InChI is InChI=1S/C23H26N2OS/c26-27(23-17-25-22-12-5-4-11-21(22)23)15-7-6-10-20-16-19(13-14-24-20)18-8-2-1-3-9-18/h1-5,8-9,11-13,17,20,24-25H,6-7,10,14-16H2. The van der Waals surface area contributed by atoms with Crippen molar-refractivity contribution < 1.29 is 4.21 Å². The van der Waals surface area contributed by atoms with Gasteiger partial charge in [-0.2, -0.15) is 0 Å². The predicted molar refractivity (Wildman–Crippen MR) is 114 cm³/mol. The summed E-state index contributed by atoms with van der Waals surface area (Å²) >= 11 is 0. The SMILES string of the molecule is O=S(CCCCC1CC(c2ccccc2)=CCN1)c1c[nH]c2ccccc12. The lowest BCUT2D eigenvalue weighted by Crippen LogP contribution is -2.32. The quantitative estimate of drug-likeness (QED) is 0.575. The van der Waals surface area contributed by atoms with Crippen LogP contribution in [0.4, 0.5) is 0 Å². The molecule has 0 amide bonds. The van der Waals surface area contributed by atoms with E-state index < -0.39 is 10.8 Å². The molecule has 4 rings (SSSR count). The highest BCUT2D eigenvalue weighted by atomic mass is 32.2. The molecule has 0 bridgehead atoms. The highest BCUT2D eigenvalue weighted by Crippen LogP contribution is 2.25. The van der Waals surface area contributed by atoms with Crippen molar-refractivity contribution in [2.24, 2.45) is 0 Å². The van der Waals surface area contributed by atoms with Gasteiger partial charge < -0.3 is 10.3 Å². The highest BCUT2D eigenvalue weighted by molar-refractivity contribution is 7.85. The minimum absolute atomic E-state index is 0.520. The molecule has 4 heteroatoms. The Morgan fingerprint density at radius 1 is 1.00 bits per heavy atom. The minimum Gasteiger partial charge on any atom is -0.360 e. The molecular formula is C23H26N2OS. The van der Waals surface area contributed by atoms with E-state index in [0.29, 0.717) is 6.04 Å². The van der Waals surface area contributed by atoms with Gasteiger partial charge in [-0.3, -0.25) is 4.21 Å². The Balaban J connectivity index is 1.26. The van der Waals surface area contributed by atoms with Gasteiger partial charge in [-0.15, -0.1) is 0 Å². The fourth-order valence-electron chi connectivity index (χ4n) is 3.83. The van der Waals surface area contributed by atoms with Crippen LogP contribution in [0.5, 0.6) is 0 Å². The summed E-state index contributed by atoms with van der Waals surface area (Å²) in [7, 11) is -0.933. The second kappa shape index (κ2) is 8.68. The van der Waals surface area contributed by atoms with Gasteiger partial charge in [0.25, 0.3) is 0 Å². The van der Waals surface area contributed by atoms with E-state index in [1.807, 2.05) is 30.5 Å². The van der Waals surface area contributed by atoms with Gasteiger partial charge in [0.2, 0.25) is 0 Å². The number of nitrogens with one attached hydrogen (secondary N) is 2. The fourth-order valence-corrected chi connectivity index (χ4v) is 5.13. The number of rotatable bonds is 7. The minimum atomic E-state index is -0.933. The first-order valence-electron chi connectivity index (χ1n) is 9.73. The largest absolute Gasteiger partial charge is 0.360 e. The maximum atomic E-state index is 12.7. The summed E-state index contributed by atoms with van der Waals surface area (Å²) < 4.78 is 12.7. The molecule has 140 valence electrons. The topological polar surface area (TPSA) is 44.9 Å². The van der Waals surface area contributed by atoms with Crippen LogP contribution in [0.15, 0.2) is 71.8 Å². The molecule has 2 N–H and O–H groups in total. The van der Waals surface area contributed by atoms with E-state index in [-0.39, 0.29) is 0 Å². The summed E-state index contributed by atoms with van der Waals surface area (Å²) in [6.07, 6.45) is 8.52. The number of H-pyrrole nitrogens is 1. The summed E-state index contributed by atoms with van der Waals surface area (Å²) in [6, 6.07) is 19.3. The van der Waals surface area contributed by atoms with Gasteiger partial charge in [0.1, 0.15) is 0 Å². The number of aromatic amines is 1. The Morgan fingerprint density at radius 2 is 1.81 bits per heavy atom. The lowest BCUT2D eigenvalue weighted by atomic mass is 9.93. The molecule has 0 saturated carbocycles. The van der Waals surface area contributed by atoms with Crippen molar-refractivity contribution in [2.45, 2.75) is 36.6 Å². The zero-order chi connectivity index (χ0) is 18.5. The van der Waals surface area contributed by atoms with Gasteiger partial charge in [-0.25, -0.2) is 0 Å². The summed E-state index contributed by atoms with van der Waals surface area (Å²) in [5, 5.41) is 4.69. The van der Waals surface area contributed by atoms with E-state index in [2.05, 4.69) is 46.7 Å². The Bertz CT molecular complexity index is 945. The van der Waals surface area contributed by atoms with Crippen molar-refractivity contribution in [1.82, 2.24) is 10.3 Å².